The van der Waals surface area contributed by atoms with Gasteiger partial charge in [0.05, 0.1) is 0 Å². The van der Waals surface area contributed by atoms with Crippen molar-refractivity contribution < 1.29 is 0 Å². The van der Waals surface area contributed by atoms with Crippen molar-refractivity contribution in [2.45, 2.75) is 51.6 Å². The van der Waals surface area contributed by atoms with Crippen LogP contribution in [0.25, 0.3) is 0 Å². The molecule has 2 unspecified atom stereocenters. The van der Waals surface area contributed by atoms with Gasteiger partial charge in [0, 0.05) is 24.8 Å². The first-order chi connectivity index (χ1) is 8.81. The predicted molar refractivity (Wildman–Crippen MR) is 72.5 cm³/mol. The third-order valence-corrected chi connectivity index (χ3v) is 3.81. The summed E-state index contributed by atoms with van der Waals surface area (Å²) in [6.07, 6.45) is 7.79. The van der Waals surface area contributed by atoms with Crippen LogP contribution >= 0.6 is 0 Å². The summed E-state index contributed by atoms with van der Waals surface area (Å²) in [6, 6.07) is 3.92. The van der Waals surface area contributed by atoms with Crippen LogP contribution in [0.1, 0.15) is 39.0 Å². The van der Waals surface area contributed by atoms with Crippen molar-refractivity contribution >= 4 is 0 Å². The maximum atomic E-state index is 11.6. The van der Waals surface area contributed by atoms with Crippen LogP contribution in [0, 0.1) is 5.92 Å². The summed E-state index contributed by atoms with van der Waals surface area (Å²) in [5.74, 6) is 0.699. The third-order valence-electron chi connectivity index (χ3n) is 3.81. The maximum absolute atomic E-state index is 11.6. The van der Waals surface area contributed by atoms with Gasteiger partial charge < -0.3 is 5.32 Å². The molecule has 1 N–H and O–H groups in total. The highest BCUT2D eigenvalue weighted by molar-refractivity contribution is 4.86. The summed E-state index contributed by atoms with van der Waals surface area (Å²) in [7, 11) is 0. The third kappa shape index (κ3) is 3.42. The van der Waals surface area contributed by atoms with E-state index in [1.807, 2.05) is 0 Å². The highest BCUT2D eigenvalue weighted by atomic mass is 16.1. The van der Waals surface area contributed by atoms with Gasteiger partial charge in [-0.3, -0.25) is 4.79 Å². The van der Waals surface area contributed by atoms with Gasteiger partial charge in [-0.2, -0.15) is 5.10 Å². The van der Waals surface area contributed by atoms with E-state index in [-0.39, 0.29) is 5.56 Å². The molecule has 0 aromatic carbocycles. The quantitative estimate of drug-likeness (QED) is 0.836. The van der Waals surface area contributed by atoms with Gasteiger partial charge in [0.25, 0.3) is 5.56 Å². The van der Waals surface area contributed by atoms with Gasteiger partial charge in [-0.1, -0.05) is 13.3 Å². The molecule has 1 aromatic rings. The van der Waals surface area contributed by atoms with Crippen molar-refractivity contribution in [2.75, 3.05) is 6.54 Å². The number of hydrogen-bond donors (Lipinski definition) is 1. The van der Waals surface area contributed by atoms with Gasteiger partial charge in [-0.05, 0) is 44.2 Å². The zero-order valence-electron chi connectivity index (χ0n) is 11.1. The number of rotatable bonds is 6. The lowest BCUT2D eigenvalue weighted by Crippen LogP contribution is -2.34. The summed E-state index contributed by atoms with van der Waals surface area (Å²) < 4.78 is 1.58. The van der Waals surface area contributed by atoms with E-state index in [1.165, 1.54) is 25.7 Å². The summed E-state index contributed by atoms with van der Waals surface area (Å²) in [6.45, 7) is 4.05. The van der Waals surface area contributed by atoms with Gasteiger partial charge in [0.1, 0.15) is 0 Å². The minimum atomic E-state index is 0.00793. The van der Waals surface area contributed by atoms with Gasteiger partial charge in [0.2, 0.25) is 0 Å². The van der Waals surface area contributed by atoms with Crippen LogP contribution in [-0.4, -0.2) is 22.4 Å². The fourth-order valence-electron chi connectivity index (χ4n) is 2.82. The van der Waals surface area contributed by atoms with Crippen LogP contribution in [0.4, 0.5) is 0 Å². The Morgan fingerprint density at radius 1 is 1.50 bits per heavy atom. The largest absolute Gasteiger partial charge is 0.314 e. The van der Waals surface area contributed by atoms with Crippen molar-refractivity contribution in [1.82, 2.24) is 15.1 Å². The molecule has 100 valence electrons. The molecular formula is C14H23N3O. The Morgan fingerprint density at radius 3 is 3.17 bits per heavy atom. The van der Waals surface area contributed by atoms with E-state index < -0.39 is 0 Å². The highest BCUT2D eigenvalue weighted by Gasteiger charge is 2.26. The zero-order chi connectivity index (χ0) is 12.8. The van der Waals surface area contributed by atoms with Crippen molar-refractivity contribution in [3.05, 3.63) is 28.7 Å². The van der Waals surface area contributed by atoms with Gasteiger partial charge in [-0.15, -0.1) is 0 Å². The van der Waals surface area contributed by atoms with Crippen LogP contribution in [0.3, 0.4) is 0 Å². The average molecular weight is 249 g/mol. The number of aromatic nitrogens is 2. The Balaban J connectivity index is 1.86. The van der Waals surface area contributed by atoms with Crippen molar-refractivity contribution in [2.24, 2.45) is 5.92 Å². The summed E-state index contributed by atoms with van der Waals surface area (Å²) in [5, 5.41) is 7.73. The van der Waals surface area contributed by atoms with E-state index in [9.17, 15) is 4.79 Å². The minimum absolute atomic E-state index is 0.00793. The lowest BCUT2D eigenvalue weighted by Gasteiger charge is -2.20. The van der Waals surface area contributed by atoms with Crippen LogP contribution in [0.15, 0.2) is 23.1 Å². The Bertz CT molecular complexity index is 416. The van der Waals surface area contributed by atoms with Crippen molar-refractivity contribution in [3.63, 3.8) is 0 Å². The minimum Gasteiger partial charge on any atom is -0.314 e. The summed E-state index contributed by atoms with van der Waals surface area (Å²) >= 11 is 0. The van der Waals surface area contributed by atoms with E-state index in [0.29, 0.717) is 12.0 Å². The first-order valence-corrected chi connectivity index (χ1v) is 7.06. The van der Waals surface area contributed by atoms with E-state index >= 15 is 0 Å². The number of nitrogens with one attached hydrogen (secondary N) is 1. The second kappa shape index (κ2) is 6.69. The second-order valence-corrected chi connectivity index (χ2v) is 5.13. The Kier molecular flexibility index (Phi) is 4.93. The molecule has 0 spiro atoms. The molecular weight excluding hydrogens is 226 g/mol. The molecule has 0 radical (unpaired) electrons. The molecule has 18 heavy (non-hydrogen) atoms. The molecule has 1 saturated carbocycles. The topological polar surface area (TPSA) is 46.9 Å². The first-order valence-electron chi connectivity index (χ1n) is 7.06. The Labute approximate surface area is 108 Å². The van der Waals surface area contributed by atoms with Crippen molar-refractivity contribution in [3.8, 4) is 0 Å². The molecule has 4 nitrogen and oxygen atoms in total. The molecule has 1 fully saturated rings. The molecule has 0 saturated heterocycles. The van der Waals surface area contributed by atoms with Gasteiger partial charge in [-0.25, -0.2) is 4.68 Å². The molecule has 0 bridgehead atoms. The van der Waals surface area contributed by atoms with Crippen LogP contribution in [0.5, 0.6) is 0 Å². The first kappa shape index (κ1) is 13.3. The Morgan fingerprint density at radius 2 is 2.39 bits per heavy atom. The normalized spacial score (nSPS) is 23.4. The maximum Gasteiger partial charge on any atom is 0.266 e. The monoisotopic (exact) mass is 249 g/mol. The van der Waals surface area contributed by atoms with E-state index in [2.05, 4.69) is 17.3 Å². The predicted octanol–water partition coefficient (Wildman–Crippen LogP) is 1.80. The number of hydrogen-bond acceptors (Lipinski definition) is 3. The smallest absolute Gasteiger partial charge is 0.266 e. The van der Waals surface area contributed by atoms with Crippen LogP contribution in [-0.2, 0) is 6.54 Å². The molecule has 0 amide bonds. The fourth-order valence-corrected chi connectivity index (χ4v) is 2.82. The van der Waals surface area contributed by atoms with Gasteiger partial charge in [0.15, 0.2) is 0 Å². The van der Waals surface area contributed by atoms with E-state index in [0.717, 1.165) is 19.5 Å². The molecule has 0 aliphatic heterocycles. The van der Waals surface area contributed by atoms with Crippen LogP contribution < -0.4 is 10.9 Å². The lowest BCUT2D eigenvalue weighted by atomic mass is 9.99. The molecule has 2 rings (SSSR count). The summed E-state index contributed by atoms with van der Waals surface area (Å²) in [4.78, 5) is 11.6. The Hall–Kier alpha value is -1.16. The van der Waals surface area contributed by atoms with Crippen LogP contribution in [0.2, 0.25) is 0 Å². The average Bonchev–Trinajstić information content (AvgIpc) is 2.83. The molecule has 1 aromatic heterocycles. The SMILES string of the molecule is CCCNC1CCCC1CCn1ncccc1=O. The molecule has 4 heteroatoms. The number of aryl methyl sites for hydroxylation is 1. The second-order valence-electron chi connectivity index (χ2n) is 5.13. The van der Waals surface area contributed by atoms with E-state index in [4.69, 9.17) is 0 Å². The summed E-state index contributed by atoms with van der Waals surface area (Å²) in [5.41, 5.74) is 0.00793. The van der Waals surface area contributed by atoms with E-state index in [1.54, 1.807) is 23.0 Å². The lowest BCUT2D eigenvalue weighted by molar-refractivity contribution is 0.351. The number of nitrogens with zero attached hydrogens (tertiary/aromatic N) is 2. The fraction of sp³-hybridized carbons (Fsp3) is 0.714. The standard InChI is InChI=1S/C14H23N3O/c1-2-9-15-13-6-3-5-12(13)8-11-17-14(18)7-4-10-16-17/h4,7,10,12-13,15H,2-3,5-6,8-9,11H2,1H3. The molecule has 1 heterocycles. The van der Waals surface area contributed by atoms with Gasteiger partial charge >= 0.3 is 0 Å². The molecule has 1 aliphatic rings. The zero-order valence-corrected chi connectivity index (χ0v) is 11.1. The molecule has 1 aliphatic carbocycles. The molecule has 2 atom stereocenters. The highest BCUT2D eigenvalue weighted by Crippen LogP contribution is 2.28. The van der Waals surface area contributed by atoms with Crippen molar-refractivity contribution in [1.29, 1.82) is 0 Å².